The highest BCUT2D eigenvalue weighted by molar-refractivity contribution is 7.18. The molecule has 0 aliphatic rings. The van der Waals surface area contributed by atoms with E-state index >= 15 is 0 Å². The van der Waals surface area contributed by atoms with E-state index in [0.29, 0.717) is 5.56 Å². The number of ether oxygens (including phenoxy) is 2. The molecular formula is C20H17FN4O5S. The van der Waals surface area contributed by atoms with Gasteiger partial charge in [0.2, 0.25) is 11.7 Å². The fraction of sp³-hybridized carbons (Fsp3) is 0.250. The number of anilines is 1. The number of esters is 2. The standard InChI is InChI=1S/C20H17FN4O5S/c1-2-28-20(27)17-14(13(9-22)18(23)31-17)10-29-16(26)8-7-15-24-19(25-30-15)11-3-5-12(21)6-4-11/h3-6H,2,7-8,10,23H2,1H3. The summed E-state index contributed by atoms with van der Waals surface area (Å²) in [4.78, 5) is 28.5. The summed E-state index contributed by atoms with van der Waals surface area (Å²) in [7, 11) is 0. The minimum absolute atomic E-state index is 0.0682. The molecule has 0 aliphatic carbocycles. The van der Waals surface area contributed by atoms with Crippen molar-refractivity contribution < 1.29 is 28.0 Å². The Morgan fingerprint density at radius 2 is 2.03 bits per heavy atom. The van der Waals surface area contributed by atoms with E-state index in [1.807, 2.05) is 6.07 Å². The first kappa shape index (κ1) is 21.9. The molecule has 0 atom stereocenters. The third-order valence-corrected chi connectivity index (χ3v) is 5.14. The van der Waals surface area contributed by atoms with Gasteiger partial charge < -0.3 is 19.7 Å². The maximum absolute atomic E-state index is 13.0. The molecule has 2 aromatic heterocycles. The number of aromatic nitrogens is 2. The highest BCUT2D eigenvalue weighted by atomic mass is 32.1. The second-order valence-electron chi connectivity index (χ2n) is 6.16. The van der Waals surface area contributed by atoms with Crippen molar-refractivity contribution in [3.05, 3.63) is 52.0 Å². The van der Waals surface area contributed by atoms with Crippen molar-refractivity contribution in [2.24, 2.45) is 0 Å². The predicted octanol–water partition coefficient (Wildman–Crippen LogP) is 3.24. The van der Waals surface area contributed by atoms with Crippen molar-refractivity contribution in [1.29, 1.82) is 5.26 Å². The molecule has 0 radical (unpaired) electrons. The third kappa shape index (κ3) is 5.23. The molecule has 160 valence electrons. The van der Waals surface area contributed by atoms with Crippen molar-refractivity contribution in [2.75, 3.05) is 12.3 Å². The van der Waals surface area contributed by atoms with Crippen LogP contribution in [0.5, 0.6) is 0 Å². The SMILES string of the molecule is CCOC(=O)c1sc(N)c(C#N)c1COC(=O)CCc1nc(-c2ccc(F)cc2)no1. The molecular weight excluding hydrogens is 427 g/mol. The number of benzene rings is 1. The second-order valence-corrected chi connectivity index (χ2v) is 7.21. The van der Waals surface area contributed by atoms with E-state index in [9.17, 15) is 19.2 Å². The zero-order valence-corrected chi connectivity index (χ0v) is 17.2. The van der Waals surface area contributed by atoms with Crippen LogP contribution >= 0.6 is 11.3 Å². The summed E-state index contributed by atoms with van der Waals surface area (Å²) < 4.78 is 28.3. The Morgan fingerprint density at radius 1 is 1.29 bits per heavy atom. The molecule has 31 heavy (non-hydrogen) atoms. The van der Waals surface area contributed by atoms with Gasteiger partial charge in [0.05, 0.1) is 18.6 Å². The van der Waals surface area contributed by atoms with E-state index in [2.05, 4.69) is 10.1 Å². The van der Waals surface area contributed by atoms with Crippen LogP contribution in [0.15, 0.2) is 28.8 Å². The van der Waals surface area contributed by atoms with Crippen LogP contribution < -0.4 is 5.73 Å². The first-order valence-corrected chi connectivity index (χ1v) is 9.97. The zero-order chi connectivity index (χ0) is 22.4. The normalized spacial score (nSPS) is 10.5. The molecule has 0 aliphatic heterocycles. The Hall–Kier alpha value is -3.78. The maximum Gasteiger partial charge on any atom is 0.348 e. The lowest BCUT2D eigenvalue weighted by Gasteiger charge is -2.06. The van der Waals surface area contributed by atoms with Gasteiger partial charge in [-0.25, -0.2) is 9.18 Å². The number of nitrogens with zero attached hydrogens (tertiary/aromatic N) is 3. The average molecular weight is 444 g/mol. The number of nitrogens with two attached hydrogens (primary N) is 1. The lowest BCUT2D eigenvalue weighted by atomic mass is 10.1. The molecule has 2 N–H and O–H groups in total. The fourth-order valence-electron chi connectivity index (χ4n) is 2.61. The van der Waals surface area contributed by atoms with Gasteiger partial charge in [-0.3, -0.25) is 4.79 Å². The van der Waals surface area contributed by atoms with E-state index in [4.69, 9.17) is 19.7 Å². The number of halogens is 1. The monoisotopic (exact) mass is 444 g/mol. The largest absolute Gasteiger partial charge is 0.462 e. The van der Waals surface area contributed by atoms with Crippen LogP contribution in [-0.4, -0.2) is 28.7 Å². The Bertz CT molecular complexity index is 1130. The summed E-state index contributed by atoms with van der Waals surface area (Å²) >= 11 is 0.910. The van der Waals surface area contributed by atoms with Crippen LogP contribution in [0.4, 0.5) is 9.39 Å². The van der Waals surface area contributed by atoms with Gasteiger partial charge in [-0.2, -0.15) is 10.2 Å². The van der Waals surface area contributed by atoms with Gasteiger partial charge in [0.1, 0.15) is 28.4 Å². The first-order valence-electron chi connectivity index (χ1n) is 9.15. The maximum atomic E-state index is 13.0. The van der Waals surface area contributed by atoms with E-state index < -0.39 is 11.9 Å². The molecule has 0 bridgehead atoms. The molecule has 11 heteroatoms. The molecule has 0 saturated carbocycles. The lowest BCUT2D eigenvalue weighted by molar-refractivity contribution is -0.145. The van der Waals surface area contributed by atoms with Gasteiger partial charge in [0.15, 0.2) is 0 Å². The van der Waals surface area contributed by atoms with Gasteiger partial charge in [-0.1, -0.05) is 5.16 Å². The Balaban J connectivity index is 1.59. The van der Waals surface area contributed by atoms with Crippen molar-refractivity contribution in [2.45, 2.75) is 26.4 Å². The number of carbonyl (C=O) groups is 2. The third-order valence-electron chi connectivity index (χ3n) is 4.10. The second kappa shape index (κ2) is 9.82. The quantitative estimate of drug-likeness (QED) is 0.518. The molecule has 0 saturated heterocycles. The van der Waals surface area contributed by atoms with E-state index in [0.717, 1.165) is 11.3 Å². The van der Waals surface area contributed by atoms with Gasteiger partial charge in [-0.15, -0.1) is 11.3 Å². The van der Waals surface area contributed by atoms with Gasteiger partial charge in [0, 0.05) is 17.5 Å². The van der Waals surface area contributed by atoms with Gasteiger partial charge in [0.25, 0.3) is 0 Å². The Morgan fingerprint density at radius 3 is 2.71 bits per heavy atom. The van der Waals surface area contributed by atoms with Crippen molar-refractivity contribution in [3.63, 3.8) is 0 Å². The molecule has 3 aromatic rings. The van der Waals surface area contributed by atoms with E-state index in [1.165, 1.54) is 24.3 Å². The number of rotatable bonds is 8. The number of carbonyl (C=O) groups excluding carboxylic acids is 2. The number of hydrogen-bond acceptors (Lipinski definition) is 10. The Kier molecular flexibility index (Phi) is 6.94. The van der Waals surface area contributed by atoms with Crippen LogP contribution in [-0.2, 0) is 27.3 Å². The summed E-state index contributed by atoms with van der Waals surface area (Å²) in [6.45, 7) is 1.51. The number of thiophene rings is 1. The van der Waals surface area contributed by atoms with Crippen LogP contribution in [0.1, 0.15) is 40.0 Å². The lowest BCUT2D eigenvalue weighted by Crippen LogP contribution is -2.10. The molecule has 0 spiro atoms. The van der Waals surface area contributed by atoms with Crippen molar-refractivity contribution in [1.82, 2.24) is 10.1 Å². The molecule has 9 nitrogen and oxygen atoms in total. The summed E-state index contributed by atoms with van der Waals surface area (Å²) in [5, 5.41) is 13.2. The van der Waals surface area contributed by atoms with Gasteiger partial charge >= 0.3 is 11.9 Å². The van der Waals surface area contributed by atoms with Crippen molar-refractivity contribution in [3.8, 4) is 17.5 Å². The highest BCUT2D eigenvalue weighted by Crippen LogP contribution is 2.32. The highest BCUT2D eigenvalue weighted by Gasteiger charge is 2.24. The van der Waals surface area contributed by atoms with E-state index in [1.54, 1.807) is 6.92 Å². The fourth-order valence-corrected chi connectivity index (χ4v) is 3.53. The summed E-state index contributed by atoms with van der Waals surface area (Å²) in [6, 6.07) is 7.49. The zero-order valence-electron chi connectivity index (χ0n) is 16.4. The molecule has 0 fully saturated rings. The summed E-state index contributed by atoms with van der Waals surface area (Å²) in [6.07, 6.45) is 0.0515. The summed E-state index contributed by atoms with van der Waals surface area (Å²) in [5.41, 5.74) is 6.66. The van der Waals surface area contributed by atoms with Crippen molar-refractivity contribution >= 4 is 28.3 Å². The van der Waals surface area contributed by atoms with E-state index in [-0.39, 0.29) is 64.6 Å². The van der Waals surface area contributed by atoms with Crippen LogP contribution in [0, 0.1) is 17.1 Å². The minimum atomic E-state index is -0.633. The smallest absolute Gasteiger partial charge is 0.348 e. The number of hydrogen-bond donors (Lipinski definition) is 1. The number of aryl methyl sites for hydroxylation is 1. The average Bonchev–Trinajstić information content (AvgIpc) is 3.35. The van der Waals surface area contributed by atoms with Crippen LogP contribution in [0.25, 0.3) is 11.4 Å². The van der Waals surface area contributed by atoms with Crippen LogP contribution in [0.2, 0.25) is 0 Å². The van der Waals surface area contributed by atoms with Crippen LogP contribution in [0.3, 0.4) is 0 Å². The molecule has 0 amide bonds. The number of nitrogen functional groups attached to an aromatic ring is 1. The predicted molar refractivity (Wildman–Crippen MR) is 107 cm³/mol. The minimum Gasteiger partial charge on any atom is -0.462 e. The first-order chi connectivity index (χ1) is 14.9. The topological polar surface area (TPSA) is 141 Å². The van der Waals surface area contributed by atoms with Gasteiger partial charge in [-0.05, 0) is 31.2 Å². The number of nitriles is 1. The molecule has 0 unspecified atom stereocenters. The molecule has 1 aromatic carbocycles. The summed E-state index contributed by atoms with van der Waals surface area (Å²) in [5.74, 6) is -1.12. The molecule has 3 rings (SSSR count). The molecule has 2 heterocycles. The Labute approximate surface area is 180 Å².